The Morgan fingerprint density at radius 1 is 1.47 bits per heavy atom. The number of rotatable bonds is 3. The van der Waals surface area contributed by atoms with E-state index in [1.54, 1.807) is 6.07 Å². The van der Waals surface area contributed by atoms with E-state index in [1.807, 2.05) is 0 Å². The van der Waals surface area contributed by atoms with Crippen LogP contribution in [-0.2, 0) is 4.74 Å². The summed E-state index contributed by atoms with van der Waals surface area (Å²) in [6.45, 7) is 1.25. The topological polar surface area (TPSA) is 64.1 Å². The predicted molar refractivity (Wildman–Crippen MR) is 63.0 cm³/mol. The molecule has 1 aliphatic heterocycles. The van der Waals surface area contributed by atoms with Crippen LogP contribution in [0.1, 0.15) is 23.2 Å². The number of hydrogen-bond acceptors (Lipinski definition) is 4. The maximum atomic E-state index is 12.0. The number of aromatic nitrogens is 2. The van der Waals surface area contributed by atoms with Crippen molar-refractivity contribution in [2.75, 3.05) is 19.1 Å². The van der Waals surface area contributed by atoms with E-state index < -0.39 is 0 Å². The molecule has 0 unspecified atom stereocenters. The van der Waals surface area contributed by atoms with Crippen molar-refractivity contribution >= 4 is 17.5 Å². The Balaban J connectivity index is 2.06. The number of nitrogens with zero attached hydrogens (tertiary/aromatic N) is 2. The Labute approximate surface area is 105 Å². The fourth-order valence-electron chi connectivity index (χ4n) is 1.79. The minimum Gasteiger partial charge on any atom is -0.381 e. The van der Waals surface area contributed by atoms with Gasteiger partial charge in [0.1, 0.15) is 0 Å². The molecule has 1 aliphatic rings. The quantitative estimate of drug-likeness (QED) is 0.819. The zero-order valence-corrected chi connectivity index (χ0v) is 10.1. The molecule has 6 heteroatoms. The summed E-state index contributed by atoms with van der Waals surface area (Å²) in [5, 5.41) is 10.3. The standard InChI is InChI=1S/C11H14ClN3O2/c12-8-11(2-5-17-6-3-11)15-10(16)9-1-4-13-14-7-9/h1,4,7H,2-3,5-6,8H2,(H,15,16). The van der Waals surface area contributed by atoms with Crippen molar-refractivity contribution in [2.24, 2.45) is 0 Å². The van der Waals surface area contributed by atoms with E-state index in [2.05, 4.69) is 15.5 Å². The summed E-state index contributed by atoms with van der Waals surface area (Å²) < 4.78 is 5.28. The van der Waals surface area contributed by atoms with Crippen molar-refractivity contribution < 1.29 is 9.53 Å². The predicted octanol–water partition coefficient (Wildman–Crippen LogP) is 0.994. The van der Waals surface area contributed by atoms with Crippen LogP contribution in [0.4, 0.5) is 0 Å². The molecule has 0 spiro atoms. The summed E-state index contributed by atoms with van der Waals surface area (Å²) in [6, 6.07) is 1.63. The molecule has 1 amide bonds. The van der Waals surface area contributed by atoms with Gasteiger partial charge in [-0.3, -0.25) is 4.79 Å². The lowest BCUT2D eigenvalue weighted by Gasteiger charge is -2.36. The summed E-state index contributed by atoms with van der Waals surface area (Å²) in [5.74, 6) is 0.225. The fraction of sp³-hybridized carbons (Fsp3) is 0.545. The second kappa shape index (κ2) is 5.42. The molecule has 1 aromatic heterocycles. The zero-order chi connectivity index (χ0) is 12.1. The van der Waals surface area contributed by atoms with Crippen LogP contribution in [0.15, 0.2) is 18.5 Å². The average molecular weight is 256 g/mol. The van der Waals surface area contributed by atoms with Crippen LogP contribution in [0, 0.1) is 0 Å². The molecular formula is C11H14ClN3O2. The van der Waals surface area contributed by atoms with Crippen molar-refractivity contribution in [3.05, 3.63) is 24.0 Å². The first-order valence-corrected chi connectivity index (χ1v) is 6.02. The smallest absolute Gasteiger partial charge is 0.253 e. The zero-order valence-electron chi connectivity index (χ0n) is 9.36. The van der Waals surface area contributed by atoms with Gasteiger partial charge in [-0.25, -0.2) is 0 Å². The molecule has 1 aromatic rings. The third-order valence-electron chi connectivity index (χ3n) is 2.93. The van der Waals surface area contributed by atoms with E-state index >= 15 is 0 Å². The third-order valence-corrected chi connectivity index (χ3v) is 3.44. The van der Waals surface area contributed by atoms with Crippen molar-refractivity contribution in [3.8, 4) is 0 Å². The first kappa shape index (κ1) is 12.3. The van der Waals surface area contributed by atoms with Gasteiger partial charge in [0.25, 0.3) is 5.91 Å². The number of carbonyl (C=O) groups is 1. The number of ether oxygens (including phenoxy) is 1. The van der Waals surface area contributed by atoms with Gasteiger partial charge < -0.3 is 10.1 Å². The molecule has 2 heterocycles. The summed E-state index contributed by atoms with van der Waals surface area (Å²) in [5.41, 5.74) is 0.135. The highest BCUT2D eigenvalue weighted by Gasteiger charge is 2.33. The highest BCUT2D eigenvalue weighted by atomic mass is 35.5. The minimum atomic E-state index is -0.361. The molecule has 0 atom stereocenters. The number of alkyl halides is 1. The fourth-order valence-corrected chi connectivity index (χ4v) is 2.13. The van der Waals surface area contributed by atoms with Gasteiger partial charge in [-0.05, 0) is 18.9 Å². The minimum absolute atomic E-state index is 0.164. The van der Waals surface area contributed by atoms with Gasteiger partial charge in [-0.15, -0.1) is 11.6 Å². The number of carbonyl (C=O) groups excluding carboxylic acids is 1. The van der Waals surface area contributed by atoms with Crippen LogP contribution in [0.25, 0.3) is 0 Å². The molecule has 0 radical (unpaired) electrons. The van der Waals surface area contributed by atoms with Crippen molar-refractivity contribution in [3.63, 3.8) is 0 Å². The molecule has 1 fully saturated rings. The van der Waals surface area contributed by atoms with Crippen LogP contribution >= 0.6 is 11.6 Å². The molecule has 1 N–H and O–H groups in total. The van der Waals surface area contributed by atoms with E-state index in [0.29, 0.717) is 24.7 Å². The van der Waals surface area contributed by atoms with Crippen LogP contribution in [-0.4, -0.2) is 40.7 Å². The molecule has 1 saturated heterocycles. The van der Waals surface area contributed by atoms with Crippen molar-refractivity contribution in [1.29, 1.82) is 0 Å². The van der Waals surface area contributed by atoms with E-state index in [1.165, 1.54) is 12.4 Å². The number of amides is 1. The second-order valence-electron chi connectivity index (χ2n) is 4.11. The van der Waals surface area contributed by atoms with E-state index in [0.717, 1.165) is 12.8 Å². The SMILES string of the molecule is O=C(NC1(CCl)CCOCC1)c1ccnnc1. The molecule has 0 saturated carbocycles. The van der Waals surface area contributed by atoms with Crippen LogP contribution in [0.5, 0.6) is 0 Å². The average Bonchev–Trinajstić information content (AvgIpc) is 2.41. The van der Waals surface area contributed by atoms with E-state index in [4.69, 9.17) is 16.3 Å². The van der Waals surface area contributed by atoms with Gasteiger partial charge in [-0.2, -0.15) is 10.2 Å². The first-order valence-electron chi connectivity index (χ1n) is 5.49. The normalized spacial score (nSPS) is 18.6. The molecule has 92 valence electrons. The Morgan fingerprint density at radius 2 is 2.24 bits per heavy atom. The Bertz CT molecular complexity index is 380. The van der Waals surface area contributed by atoms with E-state index in [-0.39, 0.29) is 11.4 Å². The van der Waals surface area contributed by atoms with Gasteiger partial charge in [-0.1, -0.05) is 0 Å². The third kappa shape index (κ3) is 2.92. The number of nitrogens with one attached hydrogen (secondary N) is 1. The Hall–Kier alpha value is -1.20. The maximum Gasteiger partial charge on any atom is 0.253 e. The summed E-state index contributed by atoms with van der Waals surface area (Å²) in [6.07, 6.45) is 4.41. The molecule has 0 bridgehead atoms. The molecule has 5 nitrogen and oxygen atoms in total. The Morgan fingerprint density at radius 3 is 2.82 bits per heavy atom. The molecular weight excluding hydrogens is 242 g/mol. The lowest BCUT2D eigenvalue weighted by molar-refractivity contribution is 0.0433. The van der Waals surface area contributed by atoms with E-state index in [9.17, 15) is 4.79 Å². The van der Waals surface area contributed by atoms with Crippen LogP contribution in [0.3, 0.4) is 0 Å². The summed E-state index contributed by atoms with van der Waals surface area (Å²) in [4.78, 5) is 12.0. The monoisotopic (exact) mass is 255 g/mol. The molecule has 17 heavy (non-hydrogen) atoms. The van der Waals surface area contributed by atoms with Crippen LogP contribution < -0.4 is 5.32 Å². The van der Waals surface area contributed by atoms with Gasteiger partial charge in [0.15, 0.2) is 0 Å². The number of hydrogen-bond donors (Lipinski definition) is 1. The number of halogens is 1. The summed E-state index contributed by atoms with van der Waals surface area (Å²) in [7, 11) is 0. The molecule has 2 rings (SSSR count). The highest BCUT2D eigenvalue weighted by Crippen LogP contribution is 2.22. The lowest BCUT2D eigenvalue weighted by Crippen LogP contribution is -2.53. The molecule has 0 aromatic carbocycles. The van der Waals surface area contributed by atoms with Crippen LogP contribution in [0.2, 0.25) is 0 Å². The highest BCUT2D eigenvalue weighted by molar-refractivity contribution is 6.19. The van der Waals surface area contributed by atoms with Crippen molar-refractivity contribution in [2.45, 2.75) is 18.4 Å². The van der Waals surface area contributed by atoms with Gasteiger partial charge in [0, 0.05) is 19.1 Å². The second-order valence-corrected chi connectivity index (χ2v) is 4.38. The lowest BCUT2D eigenvalue weighted by atomic mass is 9.92. The maximum absolute atomic E-state index is 12.0. The van der Waals surface area contributed by atoms with Crippen molar-refractivity contribution in [1.82, 2.24) is 15.5 Å². The molecule has 0 aliphatic carbocycles. The van der Waals surface area contributed by atoms with Gasteiger partial charge in [0.2, 0.25) is 0 Å². The Kier molecular flexibility index (Phi) is 3.91. The largest absolute Gasteiger partial charge is 0.381 e. The van der Waals surface area contributed by atoms with Gasteiger partial charge in [0.05, 0.1) is 23.5 Å². The first-order chi connectivity index (χ1) is 8.26. The van der Waals surface area contributed by atoms with Gasteiger partial charge >= 0.3 is 0 Å². The summed E-state index contributed by atoms with van der Waals surface area (Å²) >= 11 is 5.97.